The van der Waals surface area contributed by atoms with Gasteiger partial charge in [-0.3, -0.25) is 0 Å². The van der Waals surface area contributed by atoms with Gasteiger partial charge in [0, 0.05) is 3.57 Å². The second-order valence-electron chi connectivity index (χ2n) is 4.78. The molecule has 0 bridgehead atoms. The van der Waals surface area contributed by atoms with Crippen molar-refractivity contribution in [2.24, 2.45) is 5.92 Å². The molecule has 1 heterocycles. The zero-order valence-corrected chi connectivity index (χ0v) is 12.9. The van der Waals surface area contributed by atoms with E-state index in [-0.39, 0.29) is 6.10 Å². The van der Waals surface area contributed by atoms with Crippen LogP contribution in [0.2, 0.25) is 0 Å². The maximum absolute atomic E-state index is 10.1. The first-order chi connectivity index (χ1) is 8.24. The first-order valence-corrected chi connectivity index (χ1v) is 8.47. The lowest BCUT2D eigenvalue weighted by Gasteiger charge is -2.23. The Hall–Kier alpha value is 0.260. The summed E-state index contributed by atoms with van der Waals surface area (Å²) in [5, 5.41) is 10.1. The van der Waals surface area contributed by atoms with Crippen LogP contribution in [-0.2, 0) is 6.42 Å². The Morgan fingerprint density at radius 2 is 1.88 bits per heavy atom. The molecule has 94 valence electrons. The van der Waals surface area contributed by atoms with Crippen LogP contribution in [-0.4, -0.2) is 22.7 Å². The fourth-order valence-electron chi connectivity index (χ4n) is 2.34. The largest absolute Gasteiger partial charge is 0.393 e. The molecule has 0 aromatic heterocycles. The minimum Gasteiger partial charge on any atom is -0.393 e. The molecule has 1 aromatic carbocycles. The molecule has 1 atom stereocenters. The number of benzene rings is 1. The number of rotatable bonds is 4. The highest BCUT2D eigenvalue weighted by atomic mass is 127. The third-order valence-corrected chi connectivity index (χ3v) is 5.10. The molecular formula is C14H19IOS. The number of hydrogen-bond donors (Lipinski definition) is 1. The van der Waals surface area contributed by atoms with E-state index in [1.54, 1.807) is 0 Å². The maximum atomic E-state index is 10.1. The van der Waals surface area contributed by atoms with Gasteiger partial charge >= 0.3 is 0 Å². The molecular weight excluding hydrogens is 343 g/mol. The summed E-state index contributed by atoms with van der Waals surface area (Å²) in [7, 11) is 0. The van der Waals surface area contributed by atoms with Crippen LogP contribution in [0.3, 0.4) is 0 Å². The molecule has 0 amide bonds. The van der Waals surface area contributed by atoms with Crippen LogP contribution in [0.5, 0.6) is 0 Å². The standard InChI is InChI=1S/C14H19IOS/c15-13-3-1-11(2-4-13)9-14(16)10-12-5-7-17-8-6-12/h1-4,12,14,16H,5-10H2. The molecule has 3 heteroatoms. The van der Waals surface area contributed by atoms with Crippen molar-refractivity contribution in [3.63, 3.8) is 0 Å². The maximum Gasteiger partial charge on any atom is 0.0583 e. The van der Waals surface area contributed by atoms with Gasteiger partial charge in [0.1, 0.15) is 0 Å². The Bertz CT molecular complexity index is 333. The van der Waals surface area contributed by atoms with Gasteiger partial charge in [0.2, 0.25) is 0 Å². The number of aliphatic hydroxyl groups is 1. The molecule has 1 aliphatic rings. The van der Waals surface area contributed by atoms with Gasteiger partial charge in [-0.2, -0.15) is 11.8 Å². The second-order valence-corrected chi connectivity index (χ2v) is 7.25. The summed E-state index contributed by atoms with van der Waals surface area (Å²) in [5.41, 5.74) is 1.25. The Balaban J connectivity index is 1.79. The molecule has 1 aromatic rings. The number of aliphatic hydroxyl groups excluding tert-OH is 1. The summed E-state index contributed by atoms with van der Waals surface area (Å²) in [6.07, 6.45) is 4.19. The van der Waals surface area contributed by atoms with Crippen molar-refractivity contribution in [3.8, 4) is 0 Å². The van der Waals surface area contributed by atoms with E-state index < -0.39 is 0 Å². The second kappa shape index (κ2) is 7.00. The first kappa shape index (κ1) is 13.7. The van der Waals surface area contributed by atoms with Crippen molar-refractivity contribution in [1.82, 2.24) is 0 Å². The van der Waals surface area contributed by atoms with Gasteiger partial charge < -0.3 is 5.11 Å². The molecule has 1 unspecified atom stereocenters. The van der Waals surface area contributed by atoms with Crippen LogP contribution in [0.1, 0.15) is 24.8 Å². The van der Waals surface area contributed by atoms with Gasteiger partial charge in [0.05, 0.1) is 6.10 Å². The monoisotopic (exact) mass is 362 g/mol. The van der Waals surface area contributed by atoms with Gasteiger partial charge in [-0.25, -0.2) is 0 Å². The molecule has 0 saturated carbocycles. The number of halogens is 1. The topological polar surface area (TPSA) is 20.2 Å². The summed E-state index contributed by atoms with van der Waals surface area (Å²) >= 11 is 4.36. The highest BCUT2D eigenvalue weighted by Crippen LogP contribution is 2.27. The molecule has 0 spiro atoms. The number of hydrogen-bond acceptors (Lipinski definition) is 2. The third-order valence-electron chi connectivity index (χ3n) is 3.33. The lowest BCUT2D eigenvalue weighted by Crippen LogP contribution is -2.19. The lowest BCUT2D eigenvalue weighted by atomic mass is 9.93. The van der Waals surface area contributed by atoms with Crippen molar-refractivity contribution >= 4 is 34.4 Å². The zero-order valence-electron chi connectivity index (χ0n) is 9.94. The first-order valence-electron chi connectivity index (χ1n) is 6.24. The average molecular weight is 362 g/mol. The zero-order chi connectivity index (χ0) is 12.1. The predicted octanol–water partition coefficient (Wildman–Crippen LogP) is 3.73. The summed E-state index contributed by atoms with van der Waals surface area (Å²) in [5.74, 6) is 3.30. The average Bonchev–Trinajstić information content (AvgIpc) is 2.33. The summed E-state index contributed by atoms with van der Waals surface area (Å²) in [6, 6.07) is 8.48. The van der Waals surface area contributed by atoms with E-state index in [0.717, 1.165) is 18.8 Å². The van der Waals surface area contributed by atoms with Gasteiger partial charge in [-0.15, -0.1) is 0 Å². The van der Waals surface area contributed by atoms with Gasteiger partial charge in [0.25, 0.3) is 0 Å². The molecule has 0 radical (unpaired) electrons. The highest BCUT2D eigenvalue weighted by Gasteiger charge is 2.17. The molecule has 17 heavy (non-hydrogen) atoms. The Labute approximate surface area is 122 Å². The van der Waals surface area contributed by atoms with Crippen molar-refractivity contribution in [2.45, 2.75) is 31.8 Å². The van der Waals surface area contributed by atoms with Crippen LogP contribution in [0, 0.1) is 9.49 Å². The molecule has 1 nitrogen and oxygen atoms in total. The molecule has 1 fully saturated rings. The van der Waals surface area contributed by atoms with Gasteiger partial charge in [-0.1, -0.05) is 12.1 Å². The molecule has 1 aliphatic heterocycles. The minimum absolute atomic E-state index is 0.164. The van der Waals surface area contributed by atoms with Crippen LogP contribution in [0.25, 0.3) is 0 Å². The lowest BCUT2D eigenvalue weighted by molar-refractivity contribution is 0.139. The van der Waals surface area contributed by atoms with E-state index in [1.807, 2.05) is 11.8 Å². The number of thioether (sulfide) groups is 1. The minimum atomic E-state index is -0.164. The Kier molecular flexibility index (Phi) is 5.63. The summed E-state index contributed by atoms with van der Waals surface area (Å²) in [4.78, 5) is 0. The van der Waals surface area contributed by atoms with E-state index in [4.69, 9.17) is 0 Å². The molecule has 1 N–H and O–H groups in total. The van der Waals surface area contributed by atoms with E-state index in [9.17, 15) is 5.11 Å². The van der Waals surface area contributed by atoms with Crippen LogP contribution < -0.4 is 0 Å². The van der Waals surface area contributed by atoms with Gasteiger partial charge in [0.15, 0.2) is 0 Å². The molecule has 0 aliphatic carbocycles. The highest BCUT2D eigenvalue weighted by molar-refractivity contribution is 14.1. The van der Waals surface area contributed by atoms with Crippen molar-refractivity contribution in [3.05, 3.63) is 33.4 Å². The van der Waals surface area contributed by atoms with E-state index >= 15 is 0 Å². The van der Waals surface area contributed by atoms with Crippen LogP contribution >= 0.6 is 34.4 Å². The van der Waals surface area contributed by atoms with E-state index in [1.165, 1.54) is 33.5 Å². The van der Waals surface area contributed by atoms with E-state index in [2.05, 4.69) is 46.9 Å². The molecule has 1 saturated heterocycles. The van der Waals surface area contributed by atoms with Gasteiger partial charge in [-0.05, 0) is 83.4 Å². The normalized spacial score (nSPS) is 19.2. The Morgan fingerprint density at radius 1 is 1.24 bits per heavy atom. The smallest absolute Gasteiger partial charge is 0.0583 e. The van der Waals surface area contributed by atoms with Crippen molar-refractivity contribution in [1.29, 1.82) is 0 Å². The third kappa shape index (κ3) is 4.79. The van der Waals surface area contributed by atoms with E-state index in [0.29, 0.717) is 0 Å². The van der Waals surface area contributed by atoms with Crippen molar-refractivity contribution in [2.75, 3.05) is 11.5 Å². The SMILES string of the molecule is OC(Cc1ccc(I)cc1)CC1CCSCC1. The molecule has 2 rings (SSSR count). The van der Waals surface area contributed by atoms with Crippen LogP contribution in [0.4, 0.5) is 0 Å². The summed E-state index contributed by atoms with van der Waals surface area (Å²) in [6.45, 7) is 0. The predicted molar refractivity (Wildman–Crippen MR) is 83.5 cm³/mol. The fourth-order valence-corrected chi connectivity index (χ4v) is 3.91. The summed E-state index contributed by atoms with van der Waals surface area (Å²) < 4.78 is 1.25. The van der Waals surface area contributed by atoms with Crippen molar-refractivity contribution < 1.29 is 5.11 Å². The Morgan fingerprint density at radius 3 is 2.53 bits per heavy atom. The quantitative estimate of drug-likeness (QED) is 0.824. The van der Waals surface area contributed by atoms with Crippen LogP contribution in [0.15, 0.2) is 24.3 Å². The fraction of sp³-hybridized carbons (Fsp3) is 0.571.